The van der Waals surface area contributed by atoms with Crippen LogP contribution in [0.5, 0.6) is 0 Å². The first-order valence-corrected chi connectivity index (χ1v) is 17.2. The molecule has 6 fully saturated rings. The van der Waals surface area contributed by atoms with Crippen molar-refractivity contribution >= 4 is 5.91 Å². The Morgan fingerprint density at radius 2 is 1.73 bits per heavy atom. The Morgan fingerprint density at radius 1 is 0.951 bits per heavy atom. The average molecular weight is 577 g/mol. The third kappa shape index (κ3) is 6.51. The van der Waals surface area contributed by atoms with Crippen molar-refractivity contribution in [2.24, 2.45) is 34.6 Å². The van der Waals surface area contributed by atoms with Gasteiger partial charge in [-0.15, -0.1) is 0 Å². The molecule has 0 aromatic carbocycles. The number of nitrogens with one attached hydrogen (secondary N) is 3. The summed E-state index contributed by atoms with van der Waals surface area (Å²) in [5.74, 6) is 0.346. The van der Waals surface area contributed by atoms with Gasteiger partial charge in [0.1, 0.15) is 6.17 Å². The molecule has 0 aromatic rings. The average Bonchev–Trinajstić information content (AvgIpc) is 3.60. The van der Waals surface area contributed by atoms with E-state index in [0.29, 0.717) is 24.8 Å². The molecule has 2 bridgehead atoms. The largest absolute Gasteiger partial charge is 0.368 e. The van der Waals surface area contributed by atoms with Gasteiger partial charge in [0.2, 0.25) is 5.91 Å². The molecule has 234 valence electrons. The van der Waals surface area contributed by atoms with E-state index in [4.69, 9.17) is 16.2 Å². The van der Waals surface area contributed by atoms with Gasteiger partial charge in [-0.2, -0.15) is 0 Å². The molecule has 4 aliphatic heterocycles. The summed E-state index contributed by atoms with van der Waals surface area (Å²) in [5, 5.41) is 10.5. The van der Waals surface area contributed by atoms with Gasteiger partial charge in [-0.1, -0.05) is 38.5 Å². The minimum atomic E-state index is -0.901. The molecule has 6 rings (SSSR count). The second-order valence-electron chi connectivity index (χ2n) is 14.8. The third-order valence-corrected chi connectivity index (χ3v) is 12.2. The maximum atomic E-state index is 14.9. The molecule has 4 saturated heterocycles. The highest BCUT2D eigenvalue weighted by molar-refractivity contribution is 5.80. The maximum absolute atomic E-state index is 14.9. The van der Waals surface area contributed by atoms with E-state index in [1.54, 1.807) is 0 Å². The Morgan fingerprint density at radius 3 is 2.44 bits per heavy atom. The van der Waals surface area contributed by atoms with Gasteiger partial charge in [-0.05, 0) is 82.2 Å². The van der Waals surface area contributed by atoms with Gasteiger partial charge in [0, 0.05) is 38.1 Å². The van der Waals surface area contributed by atoms with Crippen molar-refractivity contribution in [3.63, 3.8) is 0 Å². The van der Waals surface area contributed by atoms with Crippen LogP contribution in [0.25, 0.3) is 0 Å². The molecule has 41 heavy (non-hydrogen) atoms. The normalized spacial score (nSPS) is 40.8. The SMILES string of the molecule is NC(N)C(C(=O)NC1CNCCC1(O[C@@H]1CN2CCC1C2)C1CCCCC1)C1CC2(CCCCC2)CCC(F)CN1. The van der Waals surface area contributed by atoms with Gasteiger partial charge < -0.3 is 37.1 Å². The molecule has 9 heteroatoms. The Hall–Kier alpha value is -0.840. The quantitative estimate of drug-likeness (QED) is 0.296. The molecule has 2 saturated carbocycles. The Balaban J connectivity index is 1.24. The van der Waals surface area contributed by atoms with Crippen LogP contribution in [-0.4, -0.2) is 86.2 Å². The summed E-state index contributed by atoms with van der Waals surface area (Å²) in [7, 11) is 0. The van der Waals surface area contributed by atoms with Gasteiger partial charge >= 0.3 is 0 Å². The summed E-state index contributed by atoms with van der Waals surface area (Å²) in [6, 6.07) is -0.361. The number of hydrogen-bond acceptors (Lipinski definition) is 7. The van der Waals surface area contributed by atoms with Crippen LogP contribution in [0.15, 0.2) is 0 Å². The predicted molar refractivity (Wildman–Crippen MR) is 160 cm³/mol. The molecular formula is C32H57FN6O2. The summed E-state index contributed by atoms with van der Waals surface area (Å²) < 4.78 is 22.2. The van der Waals surface area contributed by atoms with Crippen molar-refractivity contribution in [1.82, 2.24) is 20.9 Å². The lowest BCUT2D eigenvalue weighted by Crippen LogP contribution is -2.69. The summed E-state index contributed by atoms with van der Waals surface area (Å²) >= 11 is 0. The lowest BCUT2D eigenvalue weighted by Gasteiger charge is -2.52. The molecule has 6 aliphatic rings. The number of rotatable bonds is 7. The van der Waals surface area contributed by atoms with Crippen LogP contribution in [-0.2, 0) is 9.53 Å². The smallest absolute Gasteiger partial charge is 0.227 e. The number of ether oxygens (including phenoxy) is 1. The highest BCUT2D eigenvalue weighted by atomic mass is 19.1. The zero-order valence-corrected chi connectivity index (χ0v) is 25.3. The van der Waals surface area contributed by atoms with Crippen molar-refractivity contribution < 1.29 is 13.9 Å². The van der Waals surface area contributed by atoms with E-state index in [9.17, 15) is 9.18 Å². The zero-order chi connectivity index (χ0) is 28.5. The highest BCUT2D eigenvalue weighted by Crippen LogP contribution is 2.47. The maximum Gasteiger partial charge on any atom is 0.227 e. The van der Waals surface area contributed by atoms with E-state index in [2.05, 4.69) is 20.9 Å². The van der Waals surface area contributed by atoms with Crippen LogP contribution < -0.4 is 27.4 Å². The second kappa shape index (κ2) is 13.0. The molecule has 0 radical (unpaired) electrons. The predicted octanol–water partition coefficient (Wildman–Crippen LogP) is 2.79. The van der Waals surface area contributed by atoms with E-state index < -0.39 is 18.3 Å². The van der Waals surface area contributed by atoms with Crippen LogP contribution in [0.3, 0.4) is 0 Å². The lowest BCUT2D eigenvalue weighted by atomic mass is 9.65. The third-order valence-electron chi connectivity index (χ3n) is 12.2. The topological polar surface area (TPSA) is 118 Å². The Kier molecular flexibility index (Phi) is 9.60. The van der Waals surface area contributed by atoms with Crippen LogP contribution in [0.4, 0.5) is 4.39 Å². The van der Waals surface area contributed by atoms with Crippen molar-refractivity contribution in [3.05, 3.63) is 0 Å². The van der Waals surface area contributed by atoms with E-state index in [-0.39, 0.29) is 41.7 Å². The molecule has 1 amide bonds. The summed E-state index contributed by atoms with van der Waals surface area (Å²) in [4.78, 5) is 16.9. The molecular weight excluding hydrogens is 519 g/mol. The summed E-state index contributed by atoms with van der Waals surface area (Å²) in [6.07, 6.45) is 14.9. The zero-order valence-electron chi connectivity index (χ0n) is 25.3. The Labute approximate surface area is 247 Å². The number of halogens is 1. The fourth-order valence-electron chi connectivity index (χ4n) is 9.91. The molecule has 7 N–H and O–H groups in total. The molecule has 1 spiro atoms. The van der Waals surface area contributed by atoms with Gasteiger partial charge in [0.15, 0.2) is 0 Å². The van der Waals surface area contributed by atoms with E-state index in [0.717, 1.165) is 64.6 Å². The van der Waals surface area contributed by atoms with Crippen molar-refractivity contribution in [1.29, 1.82) is 0 Å². The number of hydrogen-bond donors (Lipinski definition) is 5. The monoisotopic (exact) mass is 576 g/mol. The van der Waals surface area contributed by atoms with E-state index >= 15 is 0 Å². The molecule has 7 unspecified atom stereocenters. The fourth-order valence-corrected chi connectivity index (χ4v) is 9.91. The van der Waals surface area contributed by atoms with Crippen LogP contribution in [0.1, 0.15) is 96.3 Å². The van der Waals surface area contributed by atoms with Crippen LogP contribution in [0, 0.1) is 23.2 Å². The fraction of sp³-hybridized carbons (Fsp3) is 0.969. The number of nitrogens with zero attached hydrogens (tertiary/aromatic N) is 1. The number of nitrogens with two attached hydrogens (primary N) is 2. The lowest BCUT2D eigenvalue weighted by molar-refractivity contribution is -0.177. The number of carbonyl (C=O) groups excluding carboxylic acids is 1. The van der Waals surface area contributed by atoms with Gasteiger partial charge in [-0.25, -0.2) is 4.39 Å². The first kappa shape index (κ1) is 30.2. The first-order chi connectivity index (χ1) is 19.9. The highest BCUT2D eigenvalue weighted by Gasteiger charge is 2.53. The van der Waals surface area contributed by atoms with Crippen LogP contribution in [0.2, 0.25) is 0 Å². The molecule has 8 nitrogen and oxygen atoms in total. The number of piperidine rings is 2. The number of alkyl halides is 1. The first-order valence-electron chi connectivity index (χ1n) is 17.2. The Bertz CT molecular complexity index is 880. The van der Waals surface area contributed by atoms with E-state index in [1.807, 2.05) is 0 Å². The summed E-state index contributed by atoms with van der Waals surface area (Å²) in [6.45, 7) is 5.22. The van der Waals surface area contributed by atoms with Crippen molar-refractivity contribution in [2.45, 2.75) is 132 Å². The standard InChI is InChI=1S/C32H57FN6O2/c33-24-9-13-31(11-5-2-6-12-31)17-25(37-18-24)28(29(34)35)30(40)38-27-19-36-15-14-32(27,23-7-3-1-4-8-23)41-26-21-39-16-10-22(26)20-39/h22-29,36-37H,1-21,34-35H2,(H,38,40)/t22?,24?,25?,26-,27?,28?,32?/m1/s1. The molecule has 0 aromatic heterocycles. The minimum Gasteiger partial charge on any atom is -0.368 e. The molecule has 4 heterocycles. The van der Waals surface area contributed by atoms with Crippen LogP contribution >= 0.6 is 0 Å². The number of carbonyl (C=O) groups is 1. The van der Waals surface area contributed by atoms with Gasteiger partial charge in [0.05, 0.1) is 29.8 Å². The van der Waals surface area contributed by atoms with Gasteiger partial charge in [0.25, 0.3) is 0 Å². The molecule has 8 atom stereocenters. The summed E-state index contributed by atoms with van der Waals surface area (Å²) in [5.41, 5.74) is 12.6. The van der Waals surface area contributed by atoms with Gasteiger partial charge in [-0.3, -0.25) is 4.79 Å². The second-order valence-corrected chi connectivity index (χ2v) is 14.8. The van der Waals surface area contributed by atoms with Crippen molar-refractivity contribution in [2.75, 3.05) is 39.3 Å². The number of fused-ring (bicyclic) bond motifs is 2. The van der Waals surface area contributed by atoms with Crippen molar-refractivity contribution in [3.8, 4) is 0 Å². The molecule has 2 aliphatic carbocycles. The number of amides is 1. The minimum absolute atomic E-state index is 0.0760. The van der Waals surface area contributed by atoms with E-state index in [1.165, 1.54) is 51.5 Å².